The van der Waals surface area contributed by atoms with Crippen LogP contribution in [0.2, 0.25) is 0 Å². The summed E-state index contributed by atoms with van der Waals surface area (Å²) in [6.45, 7) is 10.1. The number of pyridine rings is 2. The van der Waals surface area contributed by atoms with Crippen molar-refractivity contribution < 1.29 is 9.53 Å². The van der Waals surface area contributed by atoms with Gasteiger partial charge in [-0.2, -0.15) is 0 Å². The molecular weight excluding hydrogens is 424 g/mol. The van der Waals surface area contributed by atoms with E-state index in [9.17, 15) is 4.79 Å². The maximum atomic E-state index is 12.5. The second-order valence-electron chi connectivity index (χ2n) is 8.84. The smallest absolute Gasteiger partial charge is 0.391 e. The first-order chi connectivity index (χ1) is 15.3. The van der Waals surface area contributed by atoms with Gasteiger partial charge in [-0.05, 0) is 70.6 Å². The van der Waals surface area contributed by atoms with Crippen LogP contribution in [0.3, 0.4) is 0 Å². The van der Waals surface area contributed by atoms with Crippen molar-refractivity contribution in [3.63, 3.8) is 0 Å². The number of ether oxygens (including phenoxy) is 1. The Bertz CT molecular complexity index is 878. The van der Waals surface area contributed by atoms with E-state index in [1.54, 1.807) is 23.2 Å². The summed E-state index contributed by atoms with van der Waals surface area (Å²) in [6.07, 6.45) is 5.09. The second-order valence-corrected chi connectivity index (χ2v) is 9.24. The molecule has 8 nitrogen and oxygen atoms in total. The van der Waals surface area contributed by atoms with Crippen LogP contribution in [0.4, 0.5) is 10.5 Å². The number of hydrogen-bond acceptors (Lipinski definition) is 6. The lowest BCUT2D eigenvalue weighted by Crippen LogP contribution is -2.49. The maximum Gasteiger partial charge on any atom is 0.416 e. The molecule has 1 saturated heterocycles. The topological polar surface area (TPSA) is 82.6 Å². The fraction of sp³-hybridized carbons (Fsp3) is 0.478. The molecule has 0 spiro atoms. The van der Waals surface area contributed by atoms with E-state index >= 15 is 0 Å². The van der Waals surface area contributed by atoms with Gasteiger partial charge in [-0.1, -0.05) is 6.07 Å². The fourth-order valence-electron chi connectivity index (χ4n) is 3.36. The predicted molar refractivity (Wildman–Crippen MR) is 130 cm³/mol. The Morgan fingerprint density at radius 1 is 1.12 bits per heavy atom. The summed E-state index contributed by atoms with van der Waals surface area (Å²) in [5.41, 5.74) is 1.72. The molecule has 9 heteroatoms. The number of amides is 1. The Kier molecular flexibility index (Phi) is 8.35. The normalized spacial score (nSPS) is 14.7. The Labute approximate surface area is 195 Å². The van der Waals surface area contributed by atoms with Gasteiger partial charge in [-0.25, -0.2) is 9.78 Å². The van der Waals surface area contributed by atoms with Gasteiger partial charge in [0.2, 0.25) is 5.88 Å². The number of carbonyl (C=O) groups is 1. The van der Waals surface area contributed by atoms with Crippen LogP contribution in [-0.2, 0) is 6.42 Å². The number of thiocarbonyl (C=S) groups is 1. The first-order valence-electron chi connectivity index (χ1n) is 10.9. The minimum atomic E-state index is -0.365. The van der Waals surface area contributed by atoms with Crippen molar-refractivity contribution in [2.24, 2.45) is 0 Å². The molecule has 3 heterocycles. The van der Waals surface area contributed by atoms with E-state index in [4.69, 9.17) is 17.0 Å². The van der Waals surface area contributed by atoms with Crippen molar-refractivity contribution in [2.75, 3.05) is 38.0 Å². The average Bonchev–Trinajstić information content (AvgIpc) is 2.75. The number of aryl methyl sites for hydroxylation is 1. The van der Waals surface area contributed by atoms with E-state index in [0.717, 1.165) is 43.9 Å². The number of piperazine rings is 1. The quantitative estimate of drug-likeness (QED) is 0.641. The Hall–Kier alpha value is -2.78. The molecule has 1 amide bonds. The van der Waals surface area contributed by atoms with Crippen molar-refractivity contribution in [1.29, 1.82) is 0 Å². The summed E-state index contributed by atoms with van der Waals surface area (Å²) in [5.74, 6) is 0.271. The molecule has 2 aromatic rings. The van der Waals surface area contributed by atoms with E-state index in [1.165, 1.54) is 0 Å². The van der Waals surface area contributed by atoms with Crippen LogP contribution in [0.5, 0.6) is 5.88 Å². The van der Waals surface area contributed by atoms with E-state index < -0.39 is 0 Å². The summed E-state index contributed by atoms with van der Waals surface area (Å²) >= 11 is 5.28. The van der Waals surface area contributed by atoms with Crippen molar-refractivity contribution in [3.05, 3.63) is 48.4 Å². The zero-order valence-electron chi connectivity index (χ0n) is 19.0. The Morgan fingerprint density at radius 3 is 2.53 bits per heavy atom. The fourth-order valence-corrected chi connectivity index (χ4v) is 3.78. The number of carbonyl (C=O) groups excluding carboxylic acids is 1. The largest absolute Gasteiger partial charge is 0.416 e. The van der Waals surface area contributed by atoms with Crippen LogP contribution >= 0.6 is 12.2 Å². The lowest BCUT2D eigenvalue weighted by Gasteiger charge is -2.33. The number of aromatic nitrogens is 2. The zero-order chi connectivity index (χ0) is 23.0. The number of nitrogens with zero attached hydrogens (tertiary/aromatic N) is 4. The molecule has 0 atom stereocenters. The summed E-state index contributed by atoms with van der Waals surface area (Å²) < 4.78 is 5.44. The molecule has 2 aromatic heterocycles. The number of hydrogen-bond donors (Lipinski definition) is 2. The predicted octanol–water partition coefficient (Wildman–Crippen LogP) is 3.31. The SMILES string of the molecule is CC(C)(C)NC(=S)Nc1ccc(OC(=O)N2CCN(CCCc3ccccn3)CC2)nc1. The summed E-state index contributed by atoms with van der Waals surface area (Å²) in [7, 11) is 0. The van der Waals surface area contributed by atoms with E-state index in [2.05, 4.69) is 31.6 Å². The van der Waals surface area contributed by atoms with Gasteiger partial charge < -0.3 is 20.3 Å². The van der Waals surface area contributed by atoms with E-state index in [1.807, 2.05) is 39.1 Å². The molecule has 0 aliphatic carbocycles. The van der Waals surface area contributed by atoms with Crippen LogP contribution in [0.1, 0.15) is 32.9 Å². The van der Waals surface area contributed by atoms with Crippen LogP contribution in [0.15, 0.2) is 42.7 Å². The van der Waals surface area contributed by atoms with Gasteiger partial charge in [0.1, 0.15) is 0 Å². The van der Waals surface area contributed by atoms with Gasteiger partial charge in [0.25, 0.3) is 0 Å². The lowest BCUT2D eigenvalue weighted by molar-refractivity contribution is 0.109. The Balaban J connectivity index is 1.37. The third-order valence-electron chi connectivity index (χ3n) is 4.94. The molecule has 1 aliphatic heterocycles. The summed E-state index contributed by atoms with van der Waals surface area (Å²) in [6, 6.07) is 9.45. The van der Waals surface area contributed by atoms with Gasteiger partial charge in [0.05, 0.1) is 11.9 Å². The molecule has 1 fully saturated rings. The van der Waals surface area contributed by atoms with Crippen LogP contribution < -0.4 is 15.4 Å². The maximum absolute atomic E-state index is 12.5. The molecule has 0 bridgehead atoms. The minimum absolute atomic E-state index is 0.129. The number of anilines is 1. The molecule has 32 heavy (non-hydrogen) atoms. The van der Waals surface area contributed by atoms with Crippen LogP contribution in [-0.4, -0.2) is 69.2 Å². The van der Waals surface area contributed by atoms with E-state index in [-0.39, 0.29) is 17.5 Å². The van der Waals surface area contributed by atoms with Gasteiger partial charge in [0.15, 0.2) is 5.11 Å². The highest BCUT2D eigenvalue weighted by atomic mass is 32.1. The van der Waals surface area contributed by atoms with Crippen molar-refractivity contribution >= 4 is 29.1 Å². The molecular formula is C23H32N6O2S. The van der Waals surface area contributed by atoms with Crippen LogP contribution in [0, 0.1) is 0 Å². The molecule has 2 N–H and O–H groups in total. The molecule has 0 radical (unpaired) electrons. The second kappa shape index (κ2) is 11.2. The van der Waals surface area contributed by atoms with Gasteiger partial charge in [-0.3, -0.25) is 9.88 Å². The van der Waals surface area contributed by atoms with Crippen molar-refractivity contribution in [1.82, 2.24) is 25.1 Å². The highest BCUT2D eigenvalue weighted by Gasteiger charge is 2.22. The lowest BCUT2D eigenvalue weighted by atomic mass is 10.1. The highest BCUT2D eigenvalue weighted by Crippen LogP contribution is 2.14. The monoisotopic (exact) mass is 456 g/mol. The van der Waals surface area contributed by atoms with Gasteiger partial charge in [-0.15, -0.1) is 0 Å². The third-order valence-corrected chi connectivity index (χ3v) is 5.14. The minimum Gasteiger partial charge on any atom is -0.391 e. The highest BCUT2D eigenvalue weighted by molar-refractivity contribution is 7.80. The summed E-state index contributed by atoms with van der Waals surface area (Å²) in [5, 5.41) is 6.76. The molecule has 172 valence electrons. The van der Waals surface area contributed by atoms with Gasteiger partial charge >= 0.3 is 6.09 Å². The first-order valence-corrected chi connectivity index (χ1v) is 11.3. The van der Waals surface area contributed by atoms with Crippen LogP contribution in [0.25, 0.3) is 0 Å². The molecule has 0 saturated carbocycles. The number of nitrogens with one attached hydrogen (secondary N) is 2. The van der Waals surface area contributed by atoms with Crippen molar-refractivity contribution in [3.8, 4) is 5.88 Å². The summed E-state index contributed by atoms with van der Waals surface area (Å²) in [4.78, 5) is 25.2. The zero-order valence-corrected chi connectivity index (χ0v) is 19.8. The molecule has 3 rings (SSSR count). The molecule has 0 unspecified atom stereocenters. The van der Waals surface area contributed by atoms with Crippen molar-refractivity contribution in [2.45, 2.75) is 39.2 Å². The van der Waals surface area contributed by atoms with E-state index in [0.29, 0.717) is 18.2 Å². The molecule has 0 aromatic carbocycles. The third kappa shape index (κ3) is 8.05. The first kappa shape index (κ1) is 23.9. The Morgan fingerprint density at radius 2 is 1.91 bits per heavy atom. The van der Waals surface area contributed by atoms with Gasteiger partial charge in [0, 0.05) is 49.7 Å². The average molecular weight is 457 g/mol. The molecule has 1 aliphatic rings. The number of rotatable bonds is 6. The standard InChI is InChI=1S/C23H32N6O2S/c1-23(2,3)27-21(32)26-19-9-10-20(25-17-19)31-22(30)29-15-13-28(14-16-29)12-6-8-18-7-4-5-11-24-18/h4-5,7,9-11,17H,6,8,12-16H2,1-3H3,(H2,26,27,32).